The molecular weight excluding hydrogens is 458 g/mol. The third kappa shape index (κ3) is 4.95. The van der Waals surface area contributed by atoms with Crippen molar-refractivity contribution in [2.24, 2.45) is 4.99 Å². The molecule has 0 unspecified atom stereocenters. The van der Waals surface area contributed by atoms with Gasteiger partial charge in [-0.05, 0) is 35.7 Å². The van der Waals surface area contributed by atoms with Crippen molar-refractivity contribution in [3.63, 3.8) is 0 Å². The summed E-state index contributed by atoms with van der Waals surface area (Å²) in [6.45, 7) is 2.23. The Morgan fingerprint density at radius 2 is 2.16 bits per heavy atom. The molecule has 0 N–H and O–H groups in total. The van der Waals surface area contributed by atoms with E-state index in [2.05, 4.69) is 4.99 Å². The molecule has 1 aromatic carbocycles. The third-order valence-corrected chi connectivity index (χ3v) is 6.77. The van der Waals surface area contributed by atoms with Crippen LogP contribution in [-0.4, -0.2) is 61.0 Å². The molecule has 4 rings (SSSR count). The highest BCUT2D eigenvalue weighted by Gasteiger charge is 2.33. The molecule has 0 spiro atoms. The Bertz CT molecular complexity index is 1030. The molecule has 162 valence electrons. The number of benzene rings is 1. The second-order valence-corrected chi connectivity index (χ2v) is 9.01. The first kappa shape index (κ1) is 21.9. The molecule has 0 bridgehead atoms. The van der Waals surface area contributed by atoms with Crippen LogP contribution in [0.25, 0.3) is 6.08 Å². The normalized spacial score (nSPS) is 17.9. The van der Waals surface area contributed by atoms with Gasteiger partial charge in [0.1, 0.15) is 11.4 Å². The van der Waals surface area contributed by atoms with E-state index in [9.17, 15) is 9.59 Å². The van der Waals surface area contributed by atoms with Crippen LogP contribution in [0.15, 0.2) is 46.4 Å². The van der Waals surface area contributed by atoms with Gasteiger partial charge in [-0.2, -0.15) is 0 Å². The van der Waals surface area contributed by atoms with Gasteiger partial charge in [0.15, 0.2) is 5.17 Å². The molecule has 2 amide bonds. The maximum Gasteiger partial charge on any atom is 0.283 e. The molecule has 1 saturated heterocycles. The number of hydrogen-bond donors (Lipinski definition) is 0. The maximum absolute atomic E-state index is 13.2. The van der Waals surface area contributed by atoms with Crippen molar-refractivity contribution < 1.29 is 19.1 Å². The van der Waals surface area contributed by atoms with Gasteiger partial charge in [0.2, 0.25) is 5.91 Å². The Morgan fingerprint density at radius 3 is 2.84 bits per heavy atom. The second kappa shape index (κ2) is 9.86. The number of amides is 2. The number of anilines is 1. The van der Waals surface area contributed by atoms with Crippen LogP contribution < -0.4 is 9.64 Å². The van der Waals surface area contributed by atoms with E-state index in [-0.39, 0.29) is 17.6 Å². The van der Waals surface area contributed by atoms with Gasteiger partial charge >= 0.3 is 0 Å². The number of methoxy groups -OCH3 is 1. The SMILES string of the molecule is COc1ccc(N2C(=O)C(=Cc3cccs3)N=C2SCC(=O)N2CCOCC2)cc1Cl. The number of carbonyl (C=O) groups is 2. The summed E-state index contributed by atoms with van der Waals surface area (Å²) in [4.78, 5) is 34.5. The number of morpholine rings is 1. The zero-order chi connectivity index (χ0) is 21.8. The van der Waals surface area contributed by atoms with Crippen molar-refractivity contribution in [2.75, 3.05) is 44.1 Å². The summed E-state index contributed by atoms with van der Waals surface area (Å²) < 4.78 is 10.5. The summed E-state index contributed by atoms with van der Waals surface area (Å²) in [5.74, 6) is 0.418. The number of amidine groups is 1. The highest BCUT2D eigenvalue weighted by molar-refractivity contribution is 8.14. The van der Waals surface area contributed by atoms with Gasteiger partial charge in [0, 0.05) is 18.0 Å². The van der Waals surface area contributed by atoms with Crippen LogP contribution >= 0.6 is 34.7 Å². The van der Waals surface area contributed by atoms with E-state index in [1.165, 1.54) is 35.1 Å². The number of aliphatic imine (C=N–C) groups is 1. The van der Waals surface area contributed by atoms with Crippen molar-refractivity contribution in [3.8, 4) is 5.75 Å². The fourth-order valence-electron chi connectivity index (χ4n) is 3.15. The number of thioether (sulfide) groups is 1. The minimum absolute atomic E-state index is 0.00755. The monoisotopic (exact) mass is 477 g/mol. The quantitative estimate of drug-likeness (QED) is 0.613. The van der Waals surface area contributed by atoms with Crippen LogP contribution in [0.2, 0.25) is 5.02 Å². The zero-order valence-corrected chi connectivity index (χ0v) is 19.1. The molecule has 1 fully saturated rings. The highest BCUT2D eigenvalue weighted by Crippen LogP contribution is 2.34. The van der Waals surface area contributed by atoms with Gasteiger partial charge in [-0.1, -0.05) is 29.4 Å². The predicted octanol–water partition coefficient (Wildman–Crippen LogP) is 3.75. The Labute approximate surface area is 193 Å². The topological polar surface area (TPSA) is 71.4 Å². The molecule has 7 nitrogen and oxygen atoms in total. The van der Waals surface area contributed by atoms with Gasteiger partial charge in [-0.25, -0.2) is 4.99 Å². The Morgan fingerprint density at radius 1 is 1.35 bits per heavy atom. The average molecular weight is 478 g/mol. The van der Waals surface area contributed by atoms with Gasteiger partial charge in [0.25, 0.3) is 5.91 Å². The number of nitrogens with zero attached hydrogens (tertiary/aromatic N) is 3. The van der Waals surface area contributed by atoms with E-state index < -0.39 is 0 Å². The van der Waals surface area contributed by atoms with E-state index in [4.69, 9.17) is 21.1 Å². The lowest BCUT2D eigenvalue weighted by Gasteiger charge is -2.27. The van der Waals surface area contributed by atoms with Crippen LogP contribution in [0.1, 0.15) is 4.88 Å². The van der Waals surface area contributed by atoms with Crippen molar-refractivity contribution >= 4 is 63.4 Å². The highest BCUT2D eigenvalue weighted by atomic mass is 35.5. The molecule has 2 aromatic rings. The first-order chi connectivity index (χ1) is 15.1. The first-order valence-corrected chi connectivity index (χ1v) is 11.8. The zero-order valence-electron chi connectivity index (χ0n) is 16.7. The Hall–Kier alpha value is -2.33. The molecule has 0 aliphatic carbocycles. The lowest BCUT2D eigenvalue weighted by molar-refractivity contribution is -0.132. The summed E-state index contributed by atoms with van der Waals surface area (Å²) in [5, 5.41) is 2.76. The maximum atomic E-state index is 13.2. The number of carbonyl (C=O) groups excluding carboxylic acids is 2. The molecule has 31 heavy (non-hydrogen) atoms. The molecule has 0 atom stereocenters. The fourth-order valence-corrected chi connectivity index (χ4v) is 4.97. The average Bonchev–Trinajstić information content (AvgIpc) is 3.41. The van der Waals surface area contributed by atoms with Gasteiger partial charge in [-0.15, -0.1) is 11.3 Å². The molecule has 0 radical (unpaired) electrons. The van der Waals surface area contributed by atoms with E-state index in [0.29, 0.717) is 53.6 Å². The first-order valence-electron chi connectivity index (χ1n) is 9.57. The number of hydrogen-bond acceptors (Lipinski definition) is 7. The molecule has 10 heteroatoms. The van der Waals surface area contributed by atoms with E-state index >= 15 is 0 Å². The summed E-state index contributed by atoms with van der Waals surface area (Å²) >= 11 is 9.05. The van der Waals surface area contributed by atoms with Gasteiger partial charge in [0.05, 0.1) is 36.8 Å². The summed E-state index contributed by atoms with van der Waals surface area (Å²) in [7, 11) is 1.53. The van der Waals surface area contributed by atoms with Crippen molar-refractivity contribution in [1.82, 2.24) is 4.90 Å². The van der Waals surface area contributed by atoms with Crippen LogP contribution in [-0.2, 0) is 14.3 Å². The minimum atomic E-state index is -0.268. The largest absolute Gasteiger partial charge is 0.495 e. The van der Waals surface area contributed by atoms with Crippen molar-refractivity contribution in [3.05, 3.63) is 51.3 Å². The Kier molecular flexibility index (Phi) is 6.96. The molecule has 3 heterocycles. The predicted molar refractivity (Wildman–Crippen MR) is 125 cm³/mol. The number of thiophene rings is 1. The summed E-state index contributed by atoms with van der Waals surface area (Å²) in [6.07, 6.45) is 1.75. The van der Waals surface area contributed by atoms with Crippen molar-refractivity contribution in [2.45, 2.75) is 0 Å². The van der Waals surface area contributed by atoms with Gasteiger partial charge < -0.3 is 14.4 Å². The lowest BCUT2D eigenvalue weighted by Crippen LogP contribution is -2.42. The Balaban J connectivity index is 1.59. The van der Waals surface area contributed by atoms with E-state index in [0.717, 1.165) is 4.88 Å². The smallest absolute Gasteiger partial charge is 0.283 e. The van der Waals surface area contributed by atoms with Crippen LogP contribution in [0.3, 0.4) is 0 Å². The number of halogens is 1. The molecular formula is C21H20ClN3O4S2. The third-order valence-electron chi connectivity index (χ3n) is 4.73. The standard InChI is InChI=1S/C21H20ClN3O4S2/c1-28-18-5-4-14(11-16(18)22)25-20(27)17(12-15-3-2-10-30-15)23-21(25)31-13-19(26)24-6-8-29-9-7-24/h2-5,10-12H,6-9,13H2,1H3. The van der Waals surface area contributed by atoms with E-state index in [1.807, 2.05) is 17.5 Å². The van der Waals surface area contributed by atoms with Gasteiger partial charge in [-0.3, -0.25) is 14.5 Å². The summed E-state index contributed by atoms with van der Waals surface area (Å²) in [6, 6.07) is 8.94. The summed E-state index contributed by atoms with van der Waals surface area (Å²) in [5.41, 5.74) is 0.881. The minimum Gasteiger partial charge on any atom is -0.495 e. The molecule has 2 aliphatic heterocycles. The van der Waals surface area contributed by atoms with Crippen LogP contribution in [0.4, 0.5) is 5.69 Å². The van der Waals surface area contributed by atoms with Crippen molar-refractivity contribution in [1.29, 1.82) is 0 Å². The second-order valence-electron chi connectivity index (χ2n) is 6.68. The number of ether oxygens (including phenoxy) is 2. The molecule has 0 saturated carbocycles. The fraction of sp³-hybridized carbons (Fsp3) is 0.286. The lowest BCUT2D eigenvalue weighted by atomic mass is 10.2. The molecule has 2 aliphatic rings. The van der Waals surface area contributed by atoms with Crippen LogP contribution in [0.5, 0.6) is 5.75 Å². The van der Waals surface area contributed by atoms with E-state index in [1.54, 1.807) is 29.2 Å². The molecule has 1 aromatic heterocycles. The van der Waals surface area contributed by atoms with Crippen LogP contribution in [0, 0.1) is 0 Å². The number of rotatable bonds is 5.